The van der Waals surface area contributed by atoms with Gasteiger partial charge in [-0.05, 0) is 32.4 Å². The molecule has 26 heavy (non-hydrogen) atoms. The Labute approximate surface area is 152 Å². The number of amidine groups is 1. The fourth-order valence-corrected chi connectivity index (χ4v) is 3.56. The van der Waals surface area contributed by atoms with Gasteiger partial charge in [-0.15, -0.1) is 0 Å². The summed E-state index contributed by atoms with van der Waals surface area (Å²) in [4.78, 5) is 32.4. The molecule has 0 spiro atoms. The molecular formula is C19H26N5O2+. The largest absolute Gasteiger partial charge is 0.359 e. The van der Waals surface area contributed by atoms with Gasteiger partial charge in [-0.1, -0.05) is 12.1 Å². The average molecular weight is 356 g/mol. The quantitative estimate of drug-likeness (QED) is 0.624. The number of benzene rings is 1. The number of quaternary nitrogens is 1. The maximum atomic E-state index is 12.7. The zero-order chi connectivity index (χ0) is 18.9. The van der Waals surface area contributed by atoms with E-state index in [2.05, 4.69) is 10.3 Å². The normalized spacial score (nSPS) is 21.5. The van der Waals surface area contributed by atoms with Crippen molar-refractivity contribution in [3.63, 3.8) is 0 Å². The molecule has 0 bridgehead atoms. The predicted octanol–water partition coefficient (Wildman–Crippen LogP) is 0.0858. The van der Waals surface area contributed by atoms with E-state index in [1.807, 2.05) is 23.5 Å². The maximum absolute atomic E-state index is 12.7. The van der Waals surface area contributed by atoms with Crippen molar-refractivity contribution < 1.29 is 10.1 Å². The Bertz CT molecular complexity index is 919. The standard InChI is InChI=1S/C19H25N5O2/c1-11-16(25)13-6-4-5-7-14(13)23-17(11)19(2,20)24-15-9-8-12(10-22-15)18(26)21-3/h4-7,12H,8-10,20H2,1-3H3,(H,21,26)(H,22,24)(H,23,25)/p+1. The molecule has 6 N–H and O–H groups in total. The van der Waals surface area contributed by atoms with Gasteiger partial charge in [0.05, 0.1) is 18.2 Å². The highest BCUT2D eigenvalue weighted by Gasteiger charge is 2.31. The monoisotopic (exact) mass is 356 g/mol. The summed E-state index contributed by atoms with van der Waals surface area (Å²) in [6.07, 6.45) is 1.44. The van der Waals surface area contributed by atoms with Crippen LogP contribution in [0.3, 0.4) is 0 Å². The number of piperidine rings is 1. The van der Waals surface area contributed by atoms with Crippen LogP contribution in [0.5, 0.6) is 0 Å². The van der Waals surface area contributed by atoms with E-state index < -0.39 is 5.66 Å². The van der Waals surface area contributed by atoms with E-state index in [-0.39, 0.29) is 17.3 Å². The lowest BCUT2D eigenvalue weighted by Gasteiger charge is -2.25. The molecule has 0 saturated carbocycles. The highest BCUT2D eigenvalue weighted by Crippen LogP contribution is 2.22. The molecule has 0 radical (unpaired) electrons. The molecule has 1 aromatic carbocycles. The van der Waals surface area contributed by atoms with Crippen molar-refractivity contribution in [3.05, 3.63) is 45.7 Å². The molecular weight excluding hydrogens is 330 g/mol. The third kappa shape index (κ3) is 3.40. The minimum absolute atomic E-state index is 0.00908. The average Bonchev–Trinajstić information content (AvgIpc) is 2.64. The number of nitrogens with one attached hydrogen (secondary N) is 2. The molecule has 2 aromatic rings. The second-order valence-electron chi connectivity index (χ2n) is 7.04. The fraction of sp³-hybridized carbons (Fsp3) is 0.421. The molecule has 7 heteroatoms. The van der Waals surface area contributed by atoms with Gasteiger partial charge in [0.15, 0.2) is 16.9 Å². The van der Waals surface area contributed by atoms with Gasteiger partial charge in [-0.3, -0.25) is 9.59 Å². The number of carbonyl (C=O) groups excluding carboxylic acids is 1. The summed E-state index contributed by atoms with van der Waals surface area (Å²) >= 11 is 0. The zero-order valence-electron chi connectivity index (χ0n) is 15.4. The van der Waals surface area contributed by atoms with Crippen molar-refractivity contribution in [2.24, 2.45) is 16.6 Å². The first-order chi connectivity index (χ1) is 12.3. The fourth-order valence-electron chi connectivity index (χ4n) is 3.56. The van der Waals surface area contributed by atoms with E-state index in [0.717, 1.165) is 17.8 Å². The minimum Gasteiger partial charge on any atom is -0.359 e. The van der Waals surface area contributed by atoms with Crippen LogP contribution in [0.2, 0.25) is 0 Å². The number of hydrogen-bond acceptors (Lipinski definition) is 4. The van der Waals surface area contributed by atoms with Crippen molar-refractivity contribution in [2.45, 2.75) is 32.4 Å². The lowest BCUT2D eigenvalue weighted by molar-refractivity contribution is -0.553. The Morgan fingerprint density at radius 3 is 2.81 bits per heavy atom. The van der Waals surface area contributed by atoms with Crippen molar-refractivity contribution in [1.82, 2.24) is 10.3 Å². The van der Waals surface area contributed by atoms with E-state index in [9.17, 15) is 9.59 Å². The molecule has 1 aliphatic rings. The van der Waals surface area contributed by atoms with Gasteiger partial charge in [-0.25, -0.2) is 4.99 Å². The first-order valence-electron chi connectivity index (χ1n) is 8.88. The Kier molecular flexibility index (Phi) is 4.93. The Morgan fingerprint density at radius 2 is 2.15 bits per heavy atom. The van der Waals surface area contributed by atoms with E-state index in [4.69, 9.17) is 10.7 Å². The number of rotatable bonds is 3. The van der Waals surface area contributed by atoms with Crippen molar-refractivity contribution in [2.75, 3.05) is 13.6 Å². The van der Waals surface area contributed by atoms with Gasteiger partial charge in [0.1, 0.15) is 0 Å². The molecule has 1 fully saturated rings. The highest BCUT2D eigenvalue weighted by atomic mass is 16.1. The number of nitrogens with two attached hydrogens (primary N) is 2. The summed E-state index contributed by atoms with van der Waals surface area (Å²) in [6, 6.07) is 7.39. The third-order valence-electron chi connectivity index (χ3n) is 5.03. The lowest BCUT2D eigenvalue weighted by Crippen LogP contribution is -2.91. The second kappa shape index (κ2) is 7.01. The first-order valence-corrected chi connectivity index (χ1v) is 8.88. The molecule has 2 atom stereocenters. The number of aromatic nitrogens is 1. The van der Waals surface area contributed by atoms with Crippen LogP contribution in [0.15, 0.2) is 34.1 Å². The number of pyridine rings is 1. The Hall–Kier alpha value is -2.51. The first kappa shape index (κ1) is 18.3. The SMILES string of the molecule is CNC(=O)C1CC/C(=N/C(C)(N)c2[nH]c3ccccc3c(=O)c2C)[NH2+]C1. The van der Waals surface area contributed by atoms with Crippen LogP contribution in [0, 0.1) is 12.8 Å². The molecule has 138 valence electrons. The number of aliphatic imine (C=N–C) groups is 1. The summed E-state index contributed by atoms with van der Waals surface area (Å²) in [5.41, 5.74) is 7.38. The zero-order valence-corrected chi connectivity index (χ0v) is 15.4. The van der Waals surface area contributed by atoms with E-state index in [1.54, 1.807) is 27.0 Å². The van der Waals surface area contributed by atoms with Crippen molar-refractivity contribution in [3.8, 4) is 0 Å². The predicted molar refractivity (Wildman–Crippen MR) is 102 cm³/mol. The minimum atomic E-state index is -1.04. The third-order valence-corrected chi connectivity index (χ3v) is 5.03. The molecule has 1 aliphatic heterocycles. The van der Waals surface area contributed by atoms with Gasteiger partial charge in [0.2, 0.25) is 5.91 Å². The summed E-state index contributed by atoms with van der Waals surface area (Å²) in [5.74, 6) is 0.930. The smallest absolute Gasteiger partial charge is 0.228 e. The highest BCUT2D eigenvalue weighted by molar-refractivity contribution is 5.82. The van der Waals surface area contributed by atoms with Crippen LogP contribution in [-0.2, 0) is 10.5 Å². The molecule has 2 heterocycles. The Morgan fingerprint density at radius 1 is 1.42 bits per heavy atom. The molecule has 2 unspecified atom stereocenters. The van der Waals surface area contributed by atoms with Gasteiger partial charge in [-0.2, -0.15) is 0 Å². The van der Waals surface area contributed by atoms with Gasteiger partial charge < -0.3 is 21.4 Å². The number of nitrogens with zero attached hydrogens (tertiary/aromatic N) is 1. The topological polar surface area (TPSA) is 117 Å². The van der Waals surface area contributed by atoms with Gasteiger partial charge in [0, 0.05) is 29.9 Å². The maximum Gasteiger partial charge on any atom is 0.228 e. The van der Waals surface area contributed by atoms with Crippen molar-refractivity contribution >= 4 is 22.6 Å². The number of hydrogen-bond donors (Lipinski definition) is 4. The molecule has 7 nitrogen and oxygen atoms in total. The number of H-pyrrole nitrogens is 1. The van der Waals surface area contributed by atoms with Gasteiger partial charge >= 0.3 is 0 Å². The van der Waals surface area contributed by atoms with E-state index >= 15 is 0 Å². The van der Waals surface area contributed by atoms with Crippen molar-refractivity contribution in [1.29, 1.82) is 0 Å². The molecule has 1 saturated heterocycles. The van der Waals surface area contributed by atoms with E-state index in [0.29, 0.717) is 29.6 Å². The van der Waals surface area contributed by atoms with Crippen LogP contribution < -0.4 is 21.8 Å². The molecule has 0 aliphatic carbocycles. The Balaban J connectivity index is 1.92. The van der Waals surface area contributed by atoms with Gasteiger partial charge in [0.25, 0.3) is 0 Å². The number of aromatic amines is 1. The molecule has 1 amide bonds. The summed E-state index contributed by atoms with van der Waals surface area (Å²) in [7, 11) is 1.65. The summed E-state index contributed by atoms with van der Waals surface area (Å²) in [6.45, 7) is 4.23. The van der Waals surface area contributed by atoms with Crippen LogP contribution in [0.1, 0.15) is 31.0 Å². The molecule has 3 rings (SSSR count). The van der Waals surface area contributed by atoms with Crippen LogP contribution in [0.25, 0.3) is 10.9 Å². The number of amides is 1. The van der Waals surface area contributed by atoms with Crippen LogP contribution in [-0.4, -0.2) is 30.3 Å². The number of carbonyl (C=O) groups is 1. The van der Waals surface area contributed by atoms with E-state index in [1.165, 1.54) is 0 Å². The molecule has 1 aromatic heterocycles. The van der Waals surface area contributed by atoms with Crippen LogP contribution in [0.4, 0.5) is 0 Å². The summed E-state index contributed by atoms with van der Waals surface area (Å²) < 4.78 is 0. The lowest BCUT2D eigenvalue weighted by atomic mass is 9.97. The summed E-state index contributed by atoms with van der Waals surface area (Å²) in [5, 5.41) is 5.31. The number of para-hydroxylation sites is 1. The van der Waals surface area contributed by atoms with Crippen LogP contribution >= 0.6 is 0 Å². The second-order valence-corrected chi connectivity index (χ2v) is 7.04. The number of fused-ring (bicyclic) bond motifs is 1.